The summed E-state index contributed by atoms with van der Waals surface area (Å²) in [5.41, 5.74) is 5.69. The first kappa shape index (κ1) is 17.6. The van der Waals surface area contributed by atoms with Crippen LogP contribution in [0.3, 0.4) is 0 Å². The number of rotatable bonds is 3. The van der Waals surface area contributed by atoms with Crippen molar-refractivity contribution in [2.24, 2.45) is 34.5 Å². The van der Waals surface area contributed by atoms with Gasteiger partial charge in [0.15, 0.2) is 0 Å². The van der Waals surface area contributed by atoms with E-state index in [9.17, 15) is 0 Å². The van der Waals surface area contributed by atoms with Crippen LogP contribution in [0.1, 0.15) is 85.0 Å². The van der Waals surface area contributed by atoms with Crippen LogP contribution >= 0.6 is 0 Å². The Balaban J connectivity index is 1.59. The molecule has 0 aromatic heterocycles. The Morgan fingerprint density at radius 3 is 2.64 bits per heavy atom. The standard InChI is InChI=1S/C25H38/c1-6-17(2)15-20-8-10-22-21-9-7-19-16-18(3)11-13-24(19,4)23(21)12-14-25(20,22)5/h16,20-23H,2-3,6-15H2,1,4-5H3. The molecular weight excluding hydrogens is 300 g/mol. The first-order valence-corrected chi connectivity index (χ1v) is 10.9. The highest BCUT2D eigenvalue weighted by molar-refractivity contribution is 5.33. The lowest BCUT2D eigenvalue weighted by Crippen LogP contribution is -2.50. The highest BCUT2D eigenvalue weighted by Crippen LogP contribution is 2.67. The first-order valence-electron chi connectivity index (χ1n) is 10.9. The van der Waals surface area contributed by atoms with Crippen molar-refractivity contribution < 1.29 is 0 Å². The Hall–Kier alpha value is -0.780. The summed E-state index contributed by atoms with van der Waals surface area (Å²) in [6.45, 7) is 16.2. The highest BCUT2D eigenvalue weighted by atomic mass is 14.6. The molecule has 0 saturated heterocycles. The molecule has 3 fully saturated rings. The van der Waals surface area contributed by atoms with Gasteiger partial charge in [-0.05, 0) is 98.7 Å². The van der Waals surface area contributed by atoms with Gasteiger partial charge < -0.3 is 0 Å². The lowest BCUT2D eigenvalue weighted by Gasteiger charge is -2.58. The molecule has 0 amide bonds. The topological polar surface area (TPSA) is 0 Å². The van der Waals surface area contributed by atoms with Crippen LogP contribution in [0.2, 0.25) is 0 Å². The molecular formula is C25H38. The van der Waals surface area contributed by atoms with Crippen molar-refractivity contribution >= 4 is 0 Å². The van der Waals surface area contributed by atoms with Crippen LogP contribution in [0, 0.1) is 34.5 Å². The number of hydrogen-bond acceptors (Lipinski definition) is 0. The van der Waals surface area contributed by atoms with E-state index in [0.717, 1.165) is 23.7 Å². The minimum absolute atomic E-state index is 0.483. The normalized spacial score (nSPS) is 46.0. The number of hydrogen-bond donors (Lipinski definition) is 0. The van der Waals surface area contributed by atoms with Gasteiger partial charge in [-0.15, -0.1) is 0 Å². The fourth-order valence-electron chi connectivity index (χ4n) is 7.59. The lowest BCUT2D eigenvalue weighted by atomic mass is 9.46. The van der Waals surface area contributed by atoms with E-state index in [1.54, 1.807) is 5.57 Å². The molecule has 0 nitrogen and oxygen atoms in total. The molecule has 4 aliphatic carbocycles. The highest BCUT2D eigenvalue weighted by Gasteiger charge is 2.58. The van der Waals surface area contributed by atoms with E-state index in [-0.39, 0.29) is 0 Å². The van der Waals surface area contributed by atoms with Crippen LogP contribution in [-0.4, -0.2) is 0 Å². The summed E-state index contributed by atoms with van der Waals surface area (Å²) < 4.78 is 0. The van der Waals surface area contributed by atoms with Crippen LogP contribution in [0.25, 0.3) is 0 Å². The molecule has 138 valence electrons. The van der Waals surface area contributed by atoms with E-state index in [1.807, 2.05) is 0 Å². The molecule has 0 aliphatic heterocycles. The van der Waals surface area contributed by atoms with Gasteiger partial charge >= 0.3 is 0 Å². The quantitative estimate of drug-likeness (QED) is 0.468. The van der Waals surface area contributed by atoms with E-state index in [0.29, 0.717) is 10.8 Å². The van der Waals surface area contributed by atoms with Gasteiger partial charge in [0.25, 0.3) is 0 Å². The third-order valence-electron chi connectivity index (χ3n) is 9.31. The fourth-order valence-corrected chi connectivity index (χ4v) is 7.59. The molecule has 0 bridgehead atoms. The van der Waals surface area contributed by atoms with E-state index in [1.165, 1.54) is 75.4 Å². The SMILES string of the molecule is C=C1C=C2CCC3C(CCC4(C)C(CC(=C)CC)CCC34)C2(C)CC1. The average Bonchev–Trinajstić information content (AvgIpc) is 2.92. The van der Waals surface area contributed by atoms with Gasteiger partial charge in [0.05, 0.1) is 0 Å². The minimum atomic E-state index is 0.483. The van der Waals surface area contributed by atoms with Gasteiger partial charge in [-0.1, -0.05) is 56.7 Å². The van der Waals surface area contributed by atoms with E-state index in [4.69, 9.17) is 0 Å². The summed E-state index contributed by atoms with van der Waals surface area (Å²) in [5.74, 6) is 3.80. The van der Waals surface area contributed by atoms with Crippen molar-refractivity contribution in [1.29, 1.82) is 0 Å². The van der Waals surface area contributed by atoms with E-state index in [2.05, 4.69) is 40.0 Å². The Labute approximate surface area is 155 Å². The third kappa shape index (κ3) is 2.62. The lowest BCUT2D eigenvalue weighted by molar-refractivity contribution is -0.0497. The summed E-state index contributed by atoms with van der Waals surface area (Å²) in [7, 11) is 0. The van der Waals surface area contributed by atoms with Gasteiger partial charge in [-0.25, -0.2) is 0 Å². The van der Waals surface area contributed by atoms with Gasteiger partial charge in [-0.2, -0.15) is 0 Å². The van der Waals surface area contributed by atoms with Gasteiger partial charge in [-0.3, -0.25) is 0 Å². The van der Waals surface area contributed by atoms with Crippen LogP contribution in [0.15, 0.2) is 36.0 Å². The second-order valence-corrected chi connectivity index (χ2v) is 10.3. The van der Waals surface area contributed by atoms with Crippen molar-refractivity contribution in [3.05, 3.63) is 36.0 Å². The Bertz CT molecular complexity index is 608. The molecule has 0 radical (unpaired) electrons. The van der Waals surface area contributed by atoms with Crippen molar-refractivity contribution in [2.45, 2.75) is 85.0 Å². The smallest absolute Gasteiger partial charge is 0.00790 e. The molecule has 4 rings (SSSR count). The van der Waals surface area contributed by atoms with Gasteiger partial charge in [0.1, 0.15) is 0 Å². The molecule has 3 saturated carbocycles. The molecule has 0 spiro atoms. The van der Waals surface area contributed by atoms with Gasteiger partial charge in [0, 0.05) is 0 Å². The van der Waals surface area contributed by atoms with Crippen molar-refractivity contribution in [3.63, 3.8) is 0 Å². The van der Waals surface area contributed by atoms with Crippen LogP contribution in [-0.2, 0) is 0 Å². The van der Waals surface area contributed by atoms with Crippen molar-refractivity contribution in [3.8, 4) is 0 Å². The van der Waals surface area contributed by atoms with E-state index < -0.39 is 0 Å². The van der Waals surface area contributed by atoms with Crippen LogP contribution < -0.4 is 0 Å². The molecule has 6 atom stereocenters. The molecule has 4 aliphatic rings. The molecule has 25 heavy (non-hydrogen) atoms. The third-order valence-corrected chi connectivity index (χ3v) is 9.31. The largest absolute Gasteiger partial charge is 0.0999 e. The zero-order valence-electron chi connectivity index (χ0n) is 16.9. The van der Waals surface area contributed by atoms with Crippen molar-refractivity contribution in [2.75, 3.05) is 0 Å². The molecule has 0 heterocycles. The summed E-state index contributed by atoms with van der Waals surface area (Å²) in [6, 6.07) is 0. The van der Waals surface area contributed by atoms with Crippen LogP contribution in [0.4, 0.5) is 0 Å². The fraction of sp³-hybridized carbons (Fsp3) is 0.760. The predicted molar refractivity (Wildman–Crippen MR) is 108 cm³/mol. The second-order valence-electron chi connectivity index (χ2n) is 10.3. The average molecular weight is 339 g/mol. The zero-order chi connectivity index (χ0) is 17.8. The maximum absolute atomic E-state index is 4.34. The summed E-state index contributed by atoms with van der Waals surface area (Å²) in [4.78, 5) is 0. The summed E-state index contributed by atoms with van der Waals surface area (Å²) in [5, 5.41) is 0. The Kier molecular flexibility index (Phi) is 4.33. The number of fused-ring (bicyclic) bond motifs is 5. The number of allylic oxidation sites excluding steroid dienone is 4. The Morgan fingerprint density at radius 1 is 1.08 bits per heavy atom. The maximum Gasteiger partial charge on any atom is -0.00790 e. The molecule has 6 unspecified atom stereocenters. The predicted octanol–water partition coefficient (Wildman–Crippen LogP) is 7.48. The van der Waals surface area contributed by atoms with Crippen LogP contribution in [0.5, 0.6) is 0 Å². The monoisotopic (exact) mass is 338 g/mol. The Morgan fingerprint density at radius 2 is 1.88 bits per heavy atom. The molecule has 0 heteroatoms. The maximum atomic E-state index is 4.34. The zero-order valence-corrected chi connectivity index (χ0v) is 16.9. The van der Waals surface area contributed by atoms with E-state index >= 15 is 0 Å². The first-order chi connectivity index (χ1) is 11.9. The second kappa shape index (κ2) is 6.14. The molecule has 0 aromatic carbocycles. The summed E-state index contributed by atoms with van der Waals surface area (Å²) >= 11 is 0. The minimum Gasteiger partial charge on any atom is -0.0999 e. The molecule has 0 N–H and O–H groups in total. The van der Waals surface area contributed by atoms with Gasteiger partial charge in [0.2, 0.25) is 0 Å². The summed E-state index contributed by atoms with van der Waals surface area (Å²) in [6.07, 6.45) is 16.2. The van der Waals surface area contributed by atoms with Crippen molar-refractivity contribution in [1.82, 2.24) is 0 Å². The molecule has 0 aromatic rings.